The van der Waals surface area contributed by atoms with E-state index >= 15 is 0 Å². The second-order valence-electron chi connectivity index (χ2n) is 4.22. The van der Waals surface area contributed by atoms with Gasteiger partial charge in [-0.25, -0.2) is 4.79 Å². The molecular formula is C13H17NO4. The highest BCUT2D eigenvalue weighted by Crippen LogP contribution is 2.05. The number of carbonyl (C=O) groups excluding carboxylic acids is 1. The highest BCUT2D eigenvalue weighted by molar-refractivity contribution is 5.59. The van der Waals surface area contributed by atoms with Crippen LogP contribution in [0.2, 0.25) is 0 Å². The van der Waals surface area contributed by atoms with Gasteiger partial charge in [-0.3, -0.25) is 5.32 Å². The monoisotopic (exact) mass is 251 g/mol. The Labute approximate surface area is 106 Å². The van der Waals surface area contributed by atoms with E-state index in [-0.39, 0.29) is 19.4 Å². The molecule has 0 radical (unpaired) electrons. The molecule has 1 unspecified atom stereocenters. The van der Waals surface area contributed by atoms with E-state index in [1.54, 1.807) is 0 Å². The number of nitrogens with one attached hydrogen (secondary N) is 1. The van der Waals surface area contributed by atoms with Crippen molar-refractivity contribution < 1.29 is 19.0 Å². The second kappa shape index (κ2) is 6.37. The van der Waals surface area contributed by atoms with Crippen molar-refractivity contribution in [1.82, 2.24) is 5.32 Å². The lowest BCUT2D eigenvalue weighted by Gasteiger charge is -2.11. The van der Waals surface area contributed by atoms with Gasteiger partial charge in [0.2, 0.25) is 0 Å². The first kappa shape index (κ1) is 12.9. The first-order chi connectivity index (χ1) is 8.74. The van der Waals surface area contributed by atoms with Gasteiger partial charge in [-0.05, 0) is 12.5 Å². The molecule has 98 valence electrons. The van der Waals surface area contributed by atoms with Crippen LogP contribution in [0, 0.1) is 0 Å². The topological polar surface area (TPSA) is 56.8 Å². The minimum absolute atomic E-state index is 0.165. The molecule has 2 atom stereocenters. The van der Waals surface area contributed by atoms with Crippen LogP contribution in [0.15, 0.2) is 30.3 Å². The van der Waals surface area contributed by atoms with Crippen LogP contribution in [0.4, 0.5) is 4.79 Å². The summed E-state index contributed by atoms with van der Waals surface area (Å²) in [5.74, 6) is 0. The molecule has 0 aromatic heterocycles. The molecule has 1 aliphatic rings. The highest BCUT2D eigenvalue weighted by Gasteiger charge is 2.22. The highest BCUT2D eigenvalue weighted by atomic mass is 16.7. The Morgan fingerprint density at radius 1 is 1.39 bits per heavy atom. The first-order valence-electron chi connectivity index (χ1n) is 5.95. The molecule has 0 saturated carbocycles. The SMILES string of the molecule is C[C@@H]1COC(COC(=O)OCc2ccccc2)N1. The summed E-state index contributed by atoms with van der Waals surface area (Å²) in [4.78, 5) is 11.3. The number of hydrogen-bond donors (Lipinski definition) is 1. The van der Waals surface area contributed by atoms with Gasteiger partial charge in [-0.15, -0.1) is 0 Å². The predicted molar refractivity (Wildman–Crippen MR) is 64.9 cm³/mol. The van der Waals surface area contributed by atoms with Gasteiger partial charge in [-0.2, -0.15) is 0 Å². The van der Waals surface area contributed by atoms with E-state index in [0.29, 0.717) is 12.6 Å². The van der Waals surface area contributed by atoms with Crippen molar-refractivity contribution in [2.75, 3.05) is 13.2 Å². The molecule has 2 rings (SSSR count). The van der Waals surface area contributed by atoms with Crippen molar-refractivity contribution in [2.24, 2.45) is 0 Å². The molecule has 1 aliphatic heterocycles. The average molecular weight is 251 g/mol. The lowest BCUT2D eigenvalue weighted by atomic mass is 10.2. The maximum absolute atomic E-state index is 11.3. The van der Waals surface area contributed by atoms with Gasteiger partial charge in [0.05, 0.1) is 6.61 Å². The summed E-state index contributed by atoms with van der Waals surface area (Å²) < 4.78 is 15.3. The largest absolute Gasteiger partial charge is 0.508 e. The molecule has 0 aliphatic carbocycles. The molecule has 5 nitrogen and oxygen atoms in total. The summed E-state index contributed by atoms with van der Waals surface area (Å²) >= 11 is 0. The van der Waals surface area contributed by atoms with Gasteiger partial charge >= 0.3 is 6.16 Å². The molecule has 1 aromatic carbocycles. The molecule has 1 N–H and O–H groups in total. The van der Waals surface area contributed by atoms with E-state index in [1.165, 1.54) is 0 Å². The van der Waals surface area contributed by atoms with Gasteiger partial charge in [0.1, 0.15) is 19.4 Å². The maximum atomic E-state index is 11.3. The number of hydrogen-bond acceptors (Lipinski definition) is 5. The van der Waals surface area contributed by atoms with Crippen LogP contribution in [-0.2, 0) is 20.8 Å². The molecule has 1 fully saturated rings. The molecule has 0 bridgehead atoms. The lowest BCUT2D eigenvalue weighted by molar-refractivity contribution is -0.0000586. The molecular weight excluding hydrogens is 234 g/mol. The van der Waals surface area contributed by atoms with E-state index < -0.39 is 6.16 Å². The smallest absolute Gasteiger partial charge is 0.430 e. The van der Waals surface area contributed by atoms with Crippen LogP contribution < -0.4 is 5.32 Å². The maximum Gasteiger partial charge on any atom is 0.508 e. The predicted octanol–water partition coefficient (Wildman–Crippen LogP) is 1.67. The molecule has 0 amide bonds. The normalized spacial score (nSPS) is 22.7. The van der Waals surface area contributed by atoms with E-state index in [4.69, 9.17) is 14.2 Å². The number of rotatable bonds is 4. The lowest BCUT2D eigenvalue weighted by Crippen LogP contribution is -2.33. The first-order valence-corrected chi connectivity index (χ1v) is 5.95. The number of benzene rings is 1. The van der Waals surface area contributed by atoms with Crippen LogP contribution >= 0.6 is 0 Å². The Hall–Kier alpha value is -1.59. The fourth-order valence-electron chi connectivity index (χ4n) is 1.67. The van der Waals surface area contributed by atoms with Gasteiger partial charge in [0.25, 0.3) is 0 Å². The molecule has 1 heterocycles. The third kappa shape index (κ3) is 4.01. The van der Waals surface area contributed by atoms with Crippen molar-refractivity contribution in [1.29, 1.82) is 0 Å². The Kier molecular flexibility index (Phi) is 4.55. The van der Waals surface area contributed by atoms with Gasteiger partial charge in [0.15, 0.2) is 0 Å². The Morgan fingerprint density at radius 2 is 2.17 bits per heavy atom. The van der Waals surface area contributed by atoms with Crippen molar-refractivity contribution in [3.63, 3.8) is 0 Å². The van der Waals surface area contributed by atoms with Crippen molar-refractivity contribution in [2.45, 2.75) is 25.8 Å². The number of ether oxygens (including phenoxy) is 3. The average Bonchev–Trinajstić information content (AvgIpc) is 2.81. The Balaban J connectivity index is 1.63. The number of carbonyl (C=O) groups is 1. The zero-order valence-corrected chi connectivity index (χ0v) is 10.3. The molecule has 18 heavy (non-hydrogen) atoms. The summed E-state index contributed by atoms with van der Waals surface area (Å²) in [7, 11) is 0. The summed E-state index contributed by atoms with van der Waals surface area (Å²) in [5.41, 5.74) is 0.929. The third-order valence-corrected chi connectivity index (χ3v) is 2.57. The van der Waals surface area contributed by atoms with Crippen LogP contribution in [0.3, 0.4) is 0 Å². The van der Waals surface area contributed by atoms with E-state index in [0.717, 1.165) is 5.56 Å². The Morgan fingerprint density at radius 3 is 2.83 bits per heavy atom. The third-order valence-electron chi connectivity index (χ3n) is 2.57. The van der Waals surface area contributed by atoms with E-state index in [2.05, 4.69) is 5.32 Å². The van der Waals surface area contributed by atoms with Crippen LogP contribution in [0.5, 0.6) is 0 Å². The van der Waals surface area contributed by atoms with Gasteiger partial charge < -0.3 is 14.2 Å². The zero-order chi connectivity index (χ0) is 12.8. The fraction of sp³-hybridized carbons (Fsp3) is 0.462. The second-order valence-corrected chi connectivity index (χ2v) is 4.22. The van der Waals surface area contributed by atoms with E-state index in [1.807, 2.05) is 37.3 Å². The minimum Gasteiger partial charge on any atom is -0.430 e. The Bertz CT molecular complexity index is 382. The molecule has 5 heteroatoms. The van der Waals surface area contributed by atoms with Gasteiger partial charge in [-0.1, -0.05) is 30.3 Å². The fourth-order valence-corrected chi connectivity index (χ4v) is 1.67. The summed E-state index contributed by atoms with van der Waals surface area (Å²) in [6.07, 6.45) is -0.909. The summed E-state index contributed by atoms with van der Waals surface area (Å²) in [6.45, 7) is 3.02. The standard InChI is InChI=1S/C13H17NO4/c1-10-7-16-12(14-10)9-18-13(15)17-8-11-5-3-2-4-6-11/h2-6,10,12,14H,7-9H2,1H3/t10-,12?/m1/s1. The van der Waals surface area contributed by atoms with Gasteiger partial charge in [0, 0.05) is 6.04 Å². The van der Waals surface area contributed by atoms with Crippen LogP contribution in [-0.4, -0.2) is 31.6 Å². The molecule has 1 aromatic rings. The molecule has 0 spiro atoms. The van der Waals surface area contributed by atoms with Crippen molar-refractivity contribution in [3.05, 3.63) is 35.9 Å². The van der Waals surface area contributed by atoms with Crippen LogP contribution in [0.1, 0.15) is 12.5 Å². The minimum atomic E-state index is -0.677. The summed E-state index contributed by atoms with van der Waals surface area (Å²) in [6, 6.07) is 9.75. The quantitative estimate of drug-likeness (QED) is 0.825. The van der Waals surface area contributed by atoms with Crippen LogP contribution in [0.25, 0.3) is 0 Å². The van der Waals surface area contributed by atoms with E-state index in [9.17, 15) is 4.79 Å². The molecule has 1 saturated heterocycles. The summed E-state index contributed by atoms with van der Waals surface area (Å²) in [5, 5.41) is 3.13. The van der Waals surface area contributed by atoms with Crippen molar-refractivity contribution in [3.8, 4) is 0 Å². The zero-order valence-electron chi connectivity index (χ0n) is 10.3. The van der Waals surface area contributed by atoms with Crippen molar-refractivity contribution >= 4 is 6.16 Å².